The molecule has 0 amide bonds. The third-order valence-corrected chi connectivity index (χ3v) is 4.31. The van der Waals surface area contributed by atoms with Gasteiger partial charge in [0.1, 0.15) is 5.54 Å². The lowest BCUT2D eigenvalue weighted by Crippen LogP contribution is -2.46. The third kappa shape index (κ3) is 5.49. The number of nitrogens with zero attached hydrogens (tertiary/aromatic N) is 1. The monoisotopic (exact) mass is 270 g/mol. The fourth-order valence-corrected chi connectivity index (χ4v) is 2.91. The molecule has 4 heteroatoms. The minimum Gasteiger partial charge on any atom is -0.468 e. The lowest BCUT2D eigenvalue weighted by Gasteiger charge is -2.28. The number of rotatable bonds is 6. The van der Waals surface area contributed by atoms with Gasteiger partial charge in [0.05, 0.1) is 7.11 Å². The van der Waals surface area contributed by atoms with Gasteiger partial charge in [-0.25, -0.2) is 0 Å². The molecule has 0 heterocycles. The Bertz CT molecular complexity index is 271. The zero-order valence-electron chi connectivity index (χ0n) is 12.8. The molecule has 0 saturated heterocycles. The minimum atomic E-state index is -0.848. The van der Waals surface area contributed by atoms with Gasteiger partial charge < -0.3 is 15.4 Å². The Balaban J connectivity index is 2.29. The molecule has 0 bridgehead atoms. The normalized spacial score (nSPS) is 20.9. The number of hydrogen-bond acceptors (Lipinski definition) is 4. The van der Waals surface area contributed by atoms with Gasteiger partial charge in [0.25, 0.3) is 0 Å². The number of hydrogen-bond donors (Lipinski definition) is 1. The zero-order chi connectivity index (χ0) is 14.3. The van der Waals surface area contributed by atoms with Crippen molar-refractivity contribution in [1.29, 1.82) is 0 Å². The number of esters is 1. The first kappa shape index (κ1) is 16.4. The summed E-state index contributed by atoms with van der Waals surface area (Å²) < 4.78 is 4.73. The summed E-state index contributed by atoms with van der Waals surface area (Å²) in [5, 5.41) is 0. The Hall–Kier alpha value is -0.610. The highest BCUT2D eigenvalue weighted by Crippen LogP contribution is 2.21. The van der Waals surface area contributed by atoms with Crippen molar-refractivity contribution >= 4 is 5.97 Å². The van der Waals surface area contributed by atoms with E-state index in [1.54, 1.807) is 6.92 Å². The predicted octanol–water partition coefficient (Wildman–Crippen LogP) is 2.31. The average molecular weight is 270 g/mol. The van der Waals surface area contributed by atoms with Crippen molar-refractivity contribution < 1.29 is 9.53 Å². The number of carbonyl (C=O) groups is 1. The molecule has 1 aliphatic rings. The molecule has 0 aromatic rings. The van der Waals surface area contributed by atoms with Gasteiger partial charge in [0.15, 0.2) is 0 Å². The van der Waals surface area contributed by atoms with Crippen molar-refractivity contribution in [2.45, 2.75) is 69.9 Å². The first-order chi connectivity index (χ1) is 8.97. The highest BCUT2D eigenvalue weighted by Gasteiger charge is 2.29. The van der Waals surface area contributed by atoms with Gasteiger partial charge in [-0.05, 0) is 46.2 Å². The first-order valence-corrected chi connectivity index (χ1v) is 7.55. The second-order valence-electron chi connectivity index (χ2n) is 6.14. The molecule has 112 valence electrons. The highest BCUT2D eigenvalue weighted by molar-refractivity contribution is 5.79. The molecule has 0 spiro atoms. The molecule has 1 fully saturated rings. The molecule has 1 saturated carbocycles. The molecule has 0 aromatic carbocycles. The largest absolute Gasteiger partial charge is 0.468 e. The topological polar surface area (TPSA) is 55.6 Å². The SMILES string of the molecule is COC(=O)C(C)(N)CCCN(C)C1CCCCCC1. The Morgan fingerprint density at radius 2 is 1.89 bits per heavy atom. The van der Waals surface area contributed by atoms with Gasteiger partial charge in [-0.3, -0.25) is 4.79 Å². The van der Waals surface area contributed by atoms with Crippen LogP contribution in [0.5, 0.6) is 0 Å². The summed E-state index contributed by atoms with van der Waals surface area (Å²) >= 11 is 0. The quantitative estimate of drug-likeness (QED) is 0.594. The van der Waals surface area contributed by atoms with Gasteiger partial charge in [0.2, 0.25) is 0 Å². The van der Waals surface area contributed by atoms with Crippen molar-refractivity contribution in [1.82, 2.24) is 4.90 Å². The van der Waals surface area contributed by atoms with Crippen LogP contribution in [0.1, 0.15) is 58.3 Å². The summed E-state index contributed by atoms with van der Waals surface area (Å²) in [6, 6.07) is 0.713. The molecular formula is C15H30N2O2. The van der Waals surface area contributed by atoms with Crippen molar-refractivity contribution in [3.63, 3.8) is 0 Å². The van der Waals surface area contributed by atoms with Crippen LogP contribution in [0, 0.1) is 0 Å². The van der Waals surface area contributed by atoms with Crippen molar-refractivity contribution in [2.75, 3.05) is 20.7 Å². The van der Waals surface area contributed by atoms with Crippen LogP contribution >= 0.6 is 0 Å². The summed E-state index contributed by atoms with van der Waals surface area (Å²) in [6.45, 7) is 2.76. The Morgan fingerprint density at radius 3 is 2.42 bits per heavy atom. The van der Waals surface area contributed by atoms with Crippen molar-refractivity contribution in [2.24, 2.45) is 5.73 Å². The van der Waals surface area contributed by atoms with E-state index < -0.39 is 5.54 Å². The van der Waals surface area contributed by atoms with Crippen LogP contribution in [0.2, 0.25) is 0 Å². The standard InChI is InChI=1S/C15H30N2O2/c1-15(16,14(18)19-3)11-8-12-17(2)13-9-6-4-5-7-10-13/h13H,4-12,16H2,1-3H3. The maximum Gasteiger partial charge on any atom is 0.325 e. The van der Waals surface area contributed by atoms with E-state index in [2.05, 4.69) is 11.9 Å². The molecule has 0 aliphatic heterocycles. The van der Waals surface area contributed by atoms with E-state index >= 15 is 0 Å². The van der Waals surface area contributed by atoms with Crippen molar-refractivity contribution in [3.05, 3.63) is 0 Å². The first-order valence-electron chi connectivity index (χ1n) is 7.55. The van der Waals surface area contributed by atoms with Crippen LogP contribution in [0.15, 0.2) is 0 Å². The fraction of sp³-hybridized carbons (Fsp3) is 0.933. The van der Waals surface area contributed by atoms with Crippen LogP contribution < -0.4 is 5.73 Å². The van der Waals surface area contributed by atoms with E-state index in [-0.39, 0.29) is 5.97 Å². The van der Waals surface area contributed by atoms with E-state index in [1.165, 1.54) is 45.6 Å². The molecular weight excluding hydrogens is 240 g/mol. The molecule has 1 rings (SSSR count). The molecule has 0 radical (unpaired) electrons. The Labute approximate surface area is 117 Å². The van der Waals surface area contributed by atoms with E-state index in [9.17, 15) is 4.79 Å². The van der Waals surface area contributed by atoms with Crippen LogP contribution in [0.25, 0.3) is 0 Å². The van der Waals surface area contributed by atoms with E-state index in [4.69, 9.17) is 10.5 Å². The second-order valence-corrected chi connectivity index (χ2v) is 6.14. The van der Waals surface area contributed by atoms with Gasteiger partial charge in [-0.15, -0.1) is 0 Å². The molecule has 0 aromatic heterocycles. The second kappa shape index (κ2) is 7.85. The lowest BCUT2D eigenvalue weighted by molar-refractivity contribution is -0.146. The van der Waals surface area contributed by atoms with Crippen LogP contribution in [0.3, 0.4) is 0 Å². The predicted molar refractivity (Wildman–Crippen MR) is 78.0 cm³/mol. The number of nitrogens with two attached hydrogens (primary N) is 1. The summed E-state index contributed by atoms with van der Waals surface area (Å²) in [5.41, 5.74) is 5.12. The summed E-state index contributed by atoms with van der Waals surface area (Å²) in [7, 11) is 3.59. The van der Waals surface area contributed by atoms with Gasteiger partial charge in [-0.1, -0.05) is 25.7 Å². The number of carbonyl (C=O) groups excluding carboxylic acids is 1. The Kier molecular flexibility index (Phi) is 6.80. The molecule has 2 N–H and O–H groups in total. The molecule has 1 unspecified atom stereocenters. The summed E-state index contributed by atoms with van der Waals surface area (Å²) in [5.74, 6) is -0.315. The highest BCUT2D eigenvalue weighted by atomic mass is 16.5. The lowest BCUT2D eigenvalue weighted by atomic mass is 9.97. The molecule has 4 nitrogen and oxygen atoms in total. The van der Waals surface area contributed by atoms with Gasteiger partial charge >= 0.3 is 5.97 Å². The van der Waals surface area contributed by atoms with Gasteiger partial charge in [-0.2, -0.15) is 0 Å². The average Bonchev–Trinajstić information content (AvgIpc) is 2.66. The van der Waals surface area contributed by atoms with Crippen molar-refractivity contribution in [3.8, 4) is 0 Å². The van der Waals surface area contributed by atoms with Crippen LogP contribution in [0.4, 0.5) is 0 Å². The number of methoxy groups -OCH3 is 1. The molecule has 1 aliphatic carbocycles. The molecule has 19 heavy (non-hydrogen) atoms. The fourth-order valence-electron chi connectivity index (χ4n) is 2.91. The zero-order valence-corrected chi connectivity index (χ0v) is 12.8. The Morgan fingerprint density at radius 1 is 1.32 bits per heavy atom. The summed E-state index contributed by atoms with van der Waals surface area (Å²) in [4.78, 5) is 13.9. The smallest absolute Gasteiger partial charge is 0.325 e. The van der Waals surface area contributed by atoms with E-state index in [1.807, 2.05) is 0 Å². The van der Waals surface area contributed by atoms with E-state index in [0.717, 1.165) is 13.0 Å². The maximum absolute atomic E-state index is 11.5. The minimum absolute atomic E-state index is 0.315. The van der Waals surface area contributed by atoms with Crippen LogP contribution in [-0.4, -0.2) is 43.2 Å². The number of ether oxygens (including phenoxy) is 1. The van der Waals surface area contributed by atoms with E-state index in [0.29, 0.717) is 12.5 Å². The van der Waals surface area contributed by atoms with Gasteiger partial charge in [0, 0.05) is 6.04 Å². The van der Waals surface area contributed by atoms with Crippen LogP contribution in [-0.2, 0) is 9.53 Å². The summed E-state index contributed by atoms with van der Waals surface area (Å²) in [6.07, 6.45) is 9.71. The molecule has 1 atom stereocenters. The third-order valence-electron chi connectivity index (χ3n) is 4.31. The maximum atomic E-state index is 11.5.